The Bertz CT molecular complexity index is 876. The topological polar surface area (TPSA) is 90.7 Å². The van der Waals surface area contributed by atoms with E-state index in [4.69, 9.17) is 21.4 Å². The van der Waals surface area contributed by atoms with E-state index in [0.717, 1.165) is 39.4 Å². The first kappa shape index (κ1) is 16.0. The lowest BCUT2D eigenvalue weighted by molar-refractivity contribution is 0.579. The van der Waals surface area contributed by atoms with Crippen LogP contribution in [-0.2, 0) is 12.2 Å². The van der Waals surface area contributed by atoms with Crippen LogP contribution in [0.2, 0.25) is 0 Å². The number of hydrogen-bond acceptors (Lipinski definition) is 7. The first-order valence-corrected chi connectivity index (χ1v) is 9.93. The van der Waals surface area contributed by atoms with Crippen LogP contribution in [0.1, 0.15) is 29.1 Å². The van der Waals surface area contributed by atoms with Crippen molar-refractivity contribution in [1.82, 2.24) is 15.0 Å². The smallest absolute Gasteiger partial charge is 0.161 e. The molecule has 2 unspecified atom stereocenters. The van der Waals surface area contributed by atoms with Gasteiger partial charge in [-0.25, -0.2) is 9.97 Å². The molecule has 1 aliphatic rings. The van der Waals surface area contributed by atoms with Gasteiger partial charge in [-0.3, -0.25) is 4.98 Å². The number of nitrogens with two attached hydrogens (primary N) is 2. The average molecular weight is 358 g/mol. The summed E-state index contributed by atoms with van der Waals surface area (Å²) in [5.41, 5.74) is 15.7. The maximum Gasteiger partial charge on any atom is 0.161 e. The number of pyridine rings is 1. The van der Waals surface area contributed by atoms with Gasteiger partial charge in [0.15, 0.2) is 5.82 Å². The molecule has 0 spiro atoms. The van der Waals surface area contributed by atoms with E-state index in [1.165, 1.54) is 10.4 Å². The number of hydrogen-bond donors (Lipinski definition) is 2. The van der Waals surface area contributed by atoms with Gasteiger partial charge in [-0.1, -0.05) is 0 Å². The van der Waals surface area contributed by atoms with E-state index in [0.29, 0.717) is 5.82 Å². The second-order valence-electron chi connectivity index (χ2n) is 6.04. The SMILES string of the molecule is CC(N)C(N)c1nc(-c2ccncc2)nc2sc3c(c12)CCSC3. The Morgan fingerprint density at radius 1 is 1.17 bits per heavy atom. The molecule has 4 heterocycles. The fraction of sp³-hybridized carbons (Fsp3) is 0.353. The van der Waals surface area contributed by atoms with Gasteiger partial charge in [0.25, 0.3) is 0 Å². The van der Waals surface area contributed by atoms with E-state index in [-0.39, 0.29) is 12.1 Å². The van der Waals surface area contributed by atoms with E-state index in [1.807, 2.05) is 30.8 Å². The van der Waals surface area contributed by atoms with Gasteiger partial charge in [0.05, 0.1) is 11.7 Å². The molecule has 5 nitrogen and oxygen atoms in total. The molecule has 4 rings (SSSR count). The van der Waals surface area contributed by atoms with Gasteiger partial charge in [0.2, 0.25) is 0 Å². The van der Waals surface area contributed by atoms with E-state index in [1.54, 1.807) is 23.7 Å². The Hall–Kier alpha value is -1.54. The highest BCUT2D eigenvalue weighted by Gasteiger charge is 2.25. The number of fused-ring (bicyclic) bond motifs is 3. The lowest BCUT2D eigenvalue weighted by atomic mass is 10.0. The standard InChI is InChI=1S/C17H19N5S2/c1-9(18)14(19)15-13-11-4-7-23-8-12(11)24-17(13)22-16(21-15)10-2-5-20-6-3-10/h2-3,5-6,9,14H,4,7-8,18-19H2,1H3. The molecule has 0 fully saturated rings. The van der Waals surface area contributed by atoms with Gasteiger partial charge < -0.3 is 11.5 Å². The van der Waals surface area contributed by atoms with Crippen molar-refractivity contribution >= 4 is 33.3 Å². The van der Waals surface area contributed by atoms with E-state index in [9.17, 15) is 0 Å². The Labute approximate surface area is 148 Å². The third-order valence-electron chi connectivity index (χ3n) is 4.31. The minimum absolute atomic E-state index is 0.165. The zero-order valence-corrected chi connectivity index (χ0v) is 15.0. The van der Waals surface area contributed by atoms with Crippen LogP contribution in [-0.4, -0.2) is 26.7 Å². The maximum absolute atomic E-state index is 6.41. The Morgan fingerprint density at radius 3 is 2.71 bits per heavy atom. The molecule has 2 atom stereocenters. The second-order valence-corrected chi connectivity index (χ2v) is 8.23. The zero-order chi connectivity index (χ0) is 16.7. The highest BCUT2D eigenvalue weighted by Crippen LogP contribution is 2.40. The zero-order valence-electron chi connectivity index (χ0n) is 13.4. The molecule has 0 saturated carbocycles. The molecule has 0 bridgehead atoms. The van der Waals surface area contributed by atoms with E-state index < -0.39 is 0 Å². The van der Waals surface area contributed by atoms with Crippen LogP contribution in [0.5, 0.6) is 0 Å². The predicted molar refractivity (Wildman–Crippen MR) is 101 cm³/mol. The molecule has 1 aliphatic heterocycles. The highest BCUT2D eigenvalue weighted by molar-refractivity contribution is 7.98. The molecular formula is C17H19N5S2. The largest absolute Gasteiger partial charge is 0.326 e. The number of thiophene rings is 1. The second kappa shape index (κ2) is 6.40. The molecule has 24 heavy (non-hydrogen) atoms. The number of thioether (sulfide) groups is 1. The molecule has 0 aliphatic carbocycles. The van der Waals surface area contributed by atoms with Gasteiger partial charge in [-0.15, -0.1) is 11.3 Å². The van der Waals surface area contributed by atoms with Gasteiger partial charge in [0, 0.05) is 40.0 Å². The number of nitrogens with zero attached hydrogens (tertiary/aromatic N) is 3. The third kappa shape index (κ3) is 2.71. The van der Waals surface area contributed by atoms with E-state index in [2.05, 4.69) is 4.98 Å². The molecule has 7 heteroatoms. The quantitative estimate of drug-likeness (QED) is 0.749. The summed E-state index contributed by atoms with van der Waals surface area (Å²) in [6.07, 6.45) is 4.56. The van der Waals surface area contributed by atoms with Crippen molar-refractivity contribution in [3.05, 3.63) is 40.7 Å². The van der Waals surface area contributed by atoms with Crippen molar-refractivity contribution in [2.45, 2.75) is 31.2 Å². The van der Waals surface area contributed by atoms with Crippen molar-refractivity contribution in [1.29, 1.82) is 0 Å². The fourth-order valence-electron chi connectivity index (χ4n) is 2.97. The normalized spacial score (nSPS) is 16.8. The summed E-state index contributed by atoms with van der Waals surface area (Å²) in [7, 11) is 0. The van der Waals surface area contributed by atoms with Crippen LogP contribution in [0, 0.1) is 0 Å². The Kier molecular flexibility index (Phi) is 4.26. The summed E-state index contributed by atoms with van der Waals surface area (Å²) in [6, 6.07) is 3.38. The number of rotatable bonds is 3. The Balaban J connectivity index is 1.98. The minimum atomic E-state index is -0.302. The van der Waals surface area contributed by atoms with Crippen molar-refractivity contribution < 1.29 is 0 Å². The summed E-state index contributed by atoms with van der Waals surface area (Å²) >= 11 is 3.74. The monoisotopic (exact) mass is 357 g/mol. The molecule has 0 radical (unpaired) electrons. The summed E-state index contributed by atoms with van der Waals surface area (Å²) in [6.45, 7) is 1.93. The summed E-state index contributed by atoms with van der Waals surface area (Å²) < 4.78 is 0. The number of aryl methyl sites for hydroxylation is 1. The lowest BCUT2D eigenvalue weighted by Gasteiger charge is -2.18. The molecule has 3 aromatic rings. The third-order valence-corrected chi connectivity index (χ3v) is 6.61. The van der Waals surface area contributed by atoms with Crippen molar-refractivity contribution in [3.8, 4) is 11.4 Å². The molecular weight excluding hydrogens is 338 g/mol. The lowest BCUT2D eigenvalue weighted by Crippen LogP contribution is -2.32. The fourth-order valence-corrected chi connectivity index (χ4v) is 5.33. The molecule has 3 aromatic heterocycles. The van der Waals surface area contributed by atoms with Crippen LogP contribution in [0.3, 0.4) is 0 Å². The van der Waals surface area contributed by atoms with Crippen LogP contribution in [0.15, 0.2) is 24.5 Å². The van der Waals surface area contributed by atoms with Crippen LogP contribution in [0.4, 0.5) is 0 Å². The molecule has 124 valence electrons. The molecule has 0 saturated heterocycles. The van der Waals surface area contributed by atoms with Gasteiger partial charge in [0.1, 0.15) is 4.83 Å². The Morgan fingerprint density at radius 2 is 1.96 bits per heavy atom. The summed E-state index contributed by atoms with van der Waals surface area (Å²) in [4.78, 5) is 16.2. The first-order chi connectivity index (χ1) is 11.6. The van der Waals surface area contributed by atoms with Gasteiger partial charge >= 0.3 is 0 Å². The van der Waals surface area contributed by atoms with Gasteiger partial charge in [-0.05, 0) is 36.8 Å². The minimum Gasteiger partial charge on any atom is -0.326 e. The summed E-state index contributed by atoms with van der Waals surface area (Å²) in [5, 5.41) is 1.14. The predicted octanol–water partition coefficient (Wildman–Crippen LogP) is 2.89. The summed E-state index contributed by atoms with van der Waals surface area (Å²) in [5.74, 6) is 2.88. The number of aromatic nitrogens is 3. The molecule has 0 aromatic carbocycles. The average Bonchev–Trinajstić information content (AvgIpc) is 2.99. The van der Waals surface area contributed by atoms with Crippen molar-refractivity contribution in [2.75, 3.05) is 5.75 Å². The van der Waals surface area contributed by atoms with Crippen LogP contribution in [0.25, 0.3) is 21.6 Å². The van der Waals surface area contributed by atoms with Crippen molar-refractivity contribution in [3.63, 3.8) is 0 Å². The maximum atomic E-state index is 6.41. The van der Waals surface area contributed by atoms with Gasteiger partial charge in [-0.2, -0.15) is 11.8 Å². The highest BCUT2D eigenvalue weighted by atomic mass is 32.2. The first-order valence-electron chi connectivity index (χ1n) is 7.96. The molecule has 0 amide bonds. The van der Waals surface area contributed by atoms with Crippen LogP contribution < -0.4 is 11.5 Å². The van der Waals surface area contributed by atoms with E-state index >= 15 is 0 Å². The molecule has 4 N–H and O–H groups in total. The van der Waals surface area contributed by atoms with Crippen LogP contribution >= 0.6 is 23.1 Å². The van der Waals surface area contributed by atoms with Crippen molar-refractivity contribution in [2.24, 2.45) is 11.5 Å².